The van der Waals surface area contributed by atoms with Gasteiger partial charge in [0.1, 0.15) is 24.6 Å². The molecule has 1 aliphatic heterocycles. The topological polar surface area (TPSA) is 212 Å². The van der Waals surface area contributed by atoms with Gasteiger partial charge in [0, 0.05) is 31.1 Å². The summed E-state index contributed by atoms with van der Waals surface area (Å²) in [5.41, 5.74) is 15.0. The van der Waals surface area contributed by atoms with Crippen LogP contribution < -0.4 is 16.4 Å². The lowest BCUT2D eigenvalue weighted by molar-refractivity contribution is -0.0330. The number of anilines is 2. The zero-order chi connectivity index (χ0) is 21.5. The molecular weight excluding hydrogens is 396 g/mol. The van der Waals surface area contributed by atoms with Crippen LogP contribution in [0.5, 0.6) is 0 Å². The SMILES string of the molecule is [N-]=[N+]=NCCCCNc1nc2c(N)ncnc2n1[C@@H]1O[C@H](CNCCO)C(O)C1O. The van der Waals surface area contributed by atoms with Crippen LogP contribution in [-0.4, -0.2) is 85.9 Å². The number of hydrogen-bond donors (Lipinski definition) is 6. The van der Waals surface area contributed by atoms with Crippen molar-refractivity contribution < 1.29 is 20.1 Å². The number of nitrogens with zero attached hydrogens (tertiary/aromatic N) is 7. The molecule has 4 atom stereocenters. The fourth-order valence-electron chi connectivity index (χ4n) is 3.28. The van der Waals surface area contributed by atoms with Crippen LogP contribution in [0, 0.1) is 0 Å². The number of aliphatic hydroxyl groups excluding tert-OH is 3. The number of nitrogen functional groups attached to an aromatic ring is 1. The number of aromatic nitrogens is 4. The molecule has 30 heavy (non-hydrogen) atoms. The van der Waals surface area contributed by atoms with Crippen molar-refractivity contribution >= 4 is 22.9 Å². The molecule has 2 aromatic rings. The van der Waals surface area contributed by atoms with Gasteiger partial charge in [-0.2, -0.15) is 0 Å². The summed E-state index contributed by atoms with van der Waals surface area (Å²) in [5.74, 6) is 0.542. The molecule has 3 rings (SSSR count). The quantitative estimate of drug-likeness (QED) is 0.114. The summed E-state index contributed by atoms with van der Waals surface area (Å²) in [5, 5.41) is 39.5. The summed E-state index contributed by atoms with van der Waals surface area (Å²) in [6, 6.07) is 0. The number of unbranched alkanes of at least 4 members (excludes halogenated alkanes) is 1. The van der Waals surface area contributed by atoms with Crippen molar-refractivity contribution in [2.24, 2.45) is 5.11 Å². The molecule has 1 aliphatic rings. The standard InChI is InChI=1S/C16H26N10O4/c17-13-10-14(22-8-21-13)26(16(24-10)20-3-1-2-4-23-25-18)15-12(29)11(28)9(30-15)7-19-5-6-27/h8-9,11-12,15,19,27-29H,1-7H2,(H,20,24)(H2,17,21,22)/t9-,11?,12?,15-/m1/s1. The Bertz CT molecular complexity index is 886. The van der Waals surface area contributed by atoms with Gasteiger partial charge in [-0.15, -0.1) is 0 Å². The second-order valence-corrected chi connectivity index (χ2v) is 6.80. The number of nitrogens with one attached hydrogen (secondary N) is 2. The van der Waals surface area contributed by atoms with E-state index in [1.807, 2.05) is 0 Å². The molecule has 7 N–H and O–H groups in total. The highest BCUT2D eigenvalue weighted by atomic mass is 16.6. The summed E-state index contributed by atoms with van der Waals surface area (Å²) in [6.07, 6.45) is -1.32. The highest BCUT2D eigenvalue weighted by Crippen LogP contribution is 2.35. The number of hydrogen-bond acceptors (Lipinski definition) is 11. The Morgan fingerprint density at radius 2 is 2.10 bits per heavy atom. The lowest BCUT2D eigenvalue weighted by Crippen LogP contribution is -2.38. The van der Waals surface area contributed by atoms with Crippen LogP contribution in [0.25, 0.3) is 21.6 Å². The summed E-state index contributed by atoms with van der Waals surface area (Å²) in [4.78, 5) is 15.3. The number of fused-ring (bicyclic) bond motifs is 1. The number of imidazole rings is 1. The molecule has 1 saturated heterocycles. The van der Waals surface area contributed by atoms with E-state index >= 15 is 0 Å². The maximum Gasteiger partial charge on any atom is 0.207 e. The average molecular weight is 422 g/mol. The molecule has 0 saturated carbocycles. The van der Waals surface area contributed by atoms with Gasteiger partial charge in [0.25, 0.3) is 0 Å². The molecule has 1 fully saturated rings. The van der Waals surface area contributed by atoms with Gasteiger partial charge in [-0.05, 0) is 18.4 Å². The molecule has 14 heteroatoms. The summed E-state index contributed by atoms with van der Waals surface area (Å²) in [7, 11) is 0. The molecule has 0 aromatic carbocycles. The first-order chi connectivity index (χ1) is 14.6. The van der Waals surface area contributed by atoms with Crippen LogP contribution in [0.15, 0.2) is 11.4 Å². The third kappa shape index (κ3) is 4.70. The van der Waals surface area contributed by atoms with Gasteiger partial charge in [0.15, 0.2) is 23.2 Å². The molecular formula is C16H26N10O4. The van der Waals surface area contributed by atoms with Crippen LogP contribution in [0.4, 0.5) is 11.8 Å². The van der Waals surface area contributed by atoms with Crippen LogP contribution in [0.3, 0.4) is 0 Å². The number of nitrogens with two attached hydrogens (primary N) is 1. The highest BCUT2D eigenvalue weighted by molar-refractivity contribution is 5.84. The van der Waals surface area contributed by atoms with E-state index in [-0.39, 0.29) is 19.0 Å². The Hall–Kier alpha value is -2.74. The van der Waals surface area contributed by atoms with E-state index in [2.05, 4.69) is 35.6 Å². The zero-order valence-electron chi connectivity index (χ0n) is 16.3. The predicted molar refractivity (Wildman–Crippen MR) is 107 cm³/mol. The van der Waals surface area contributed by atoms with Gasteiger partial charge in [-0.3, -0.25) is 4.57 Å². The van der Waals surface area contributed by atoms with Gasteiger partial charge in [-0.1, -0.05) is 5.11 Å². The van der Waals surface area contributed by atoms with E-state index in [0.29, 0.717) is 49.6 Å². The van der Waals surface area contributed by atoms with Crippen molar-refractivity contribution in [3.05, 3.63) is 16.8 Å². The fourth-order valence-corrected chi connectivity index (χ4v) is 3.28. The number of ether oxygens (including phenoxy) is 1. The van der Waals surface area contributed by atoms with E-state index in [0.717, 1.165) is 0 Å². The van der Waals surface area contributed by atoms with E-state index in [9.17, 15) is 10.2 Å². The van der Waals surface area contributed by atoms with Crippen molar-refractivity contribution in [2.45, 2.75) is 37.4 Å². The smallest absolute Gasteiger partial charge is 0.207 e. The molecule has 0 amide bonds. The molecule has 2 unspecified atom stereocenters. The molecule has 164 valence electrons. The highest BCUT2D eigenvalue weighted by Gasteiger charge is 2.45. The molecule has 2 aromatic heterocycles. The molecule has 0 aliphatic carbocycles. The largest absolute Gasteiger partial charge is 0.395 e. The fraction of sp³-hybridized carbons (Fsp3) is 0.688. The first-order valence-corrected chi connectivity index (χ1v) is 9.64. The van der Waals surface area contributed by atoms with E-state index in [1.54, 1.807) is 4.57 Å². The Morgan fingerprint density at radius 3 is 2.87 bits per heavy atom. The van der Waals surface area contributed by atoms with Gasteiger partial charge < -0.3 is 36.4 Å². The van der Waals surface area contributed by atoms with Crippen LogP contribution in [-0.2, 0) is 4.74 Å². The van der Waals surface area contributed by atoms with Crippen molar-refractivity contribution in [3.8, 4) is 0 Å². The molecule has 0 bridgehead atoms. The van der Waals surface area contributed by atoms with Crippen LogP contribution >= 0.6 is 0 Å². The van der Waals surface area contributed by atoms with Crippen molar-refractivity contribution in [2.75, 3.05) is 43.8 Å². The van der Waals surface area contributed by atoms with Crippen molar-refractivity contribution in [1.29, 1.82) is 0 Å². The Labute approximate surface area is 171 Å². The van der Waals surface area contributed by atoms with Crippen molar-refractivity contribution in [3.63, 3.8) is 0 Å². The number of rotatable bonds is 11. The number of azide groups is 1. The molecule has 0 spiro atoms. The van der Waals surface area contributed by atoms with Crippen LogP contribution in [0.2, 0.25) is 0 Å². The molecule has 0 radical (unpaired) electrons. The number of aliphatic hydroxyl groups is 3. The lowest BCUT2D eigenvalue weighted by atomic mass is 10.1. The van der Waals surface area contributed by atoms with Gasteiger partial charge in [0.05, 0.1) is 6.61 Å². The Morgan fingerprint density at radius 1 is 1.27 bits per heavy atom. The average Bonchev–Trinajstić information content (AvgIpc) is 3.24. The summed E-state index contributed by atoms with van der Waals surface area (Å²) >= 11 is 0. The monoisotopic (exact) mass is 422 g/mol. The third-order valence-electron chi connectivity index (χ3n) is 4.76. The van der Waals surface area contributed by atoms with E-state index < -0.39 is 24.5 Å². The van der Waals surface area contributed by atoms with E-state index in [4.69, 9.17) is 21.1 Å². The Kier molecular flexibility index (Phi) is 7.57. The minimum atomic E-state index is -1.23. The van der Waals surface area contributed by atoms with Gasteiger partial charge in [-0.25, -0.2) is 15.0 Å². The first kappa shape index (κ1) is 22.0. The predicted octanol–water partition coefficient (Wildman–Crippen LogP) is -0.888. The van der Waals surface area contributed by atoms with E-state index in [1.165, 1.54) is 6.33 Å². The zero-order valence-corrected chi connectivity index (χ0v) is 16.3. The minimum Gasteiger partial charge on any atom is -0.395 e. The summed E-state index contributed by atoms with van der Waals surface area (Å²) in [6.45, 7) is 1.45. The van der Waals surface area contributed by atoms with Crippen molar-refractivity contribution in [1.82, 2.24) is 24.8 Å². The maximum absolute atomic E-state index is 10.6. The maximum atomic E-state index is 10.6. The molecule has 3 heterocycles. The minimum absolute atomic E-state index is 0.0507. The first-order valence-electron chi connectivity index (χ1n) is 9.64. The lowest BCUT2D eigenvalue weighted by Gasteiger charge is -2.19. The normalized spacial score (nSPS) is 23.6. The second-order valence-electron chi connectivity index (χ2n) is 6.80. The van der Waals surface area contributed by atoms with Gasteiger partial charge >= 0.3 is 0 Å². The molecule has 14 nitrogen and oxygen atoms in total. The second kappa shape index (κ2) is 10.3. The van der Waals surface area contributed by atoms with Crippen LogP contribution in [0.1, 0.15) is 19.1 Å². The summed E-state index contributed by atoms with van der Waals surface area (Å²) < 4.78 is 7.46. The van der Waals surface area contributed by atoms with Gasteiger partial charge in [0.2, 0.25) is 5.95 Å². The Balaban J connectivity index is 1.82. The third-order valence-corrected chi connectivity index (χ3v) is 4.76.